The molecule has 4 unspecified atom stereocenters. The van der Waals surface area contributed by atoms with Gasteiger partial charge in [0.1, 0.15) is 6.17 Å². The standard InChI is InChI=1S/C54H81F/c1-16-21-22-30-49(19-4)44(13)35-45(14)54(53-37-48(34-41(10)17-2)31-32-52(53)40(8)9)50(20-5)38-51(33-39(6)7)43(12)28-25-27-42(11)26-23-24-29-47(18-3)36-46(15)55/h19-24,28,30-33,36-37,39-42,46,50H,4-5,13,16-18,25-27,29,34-35,38H2,1-3,6-12,14-15H3. The van der Waals surface area contributed by atoms with E-state index < -0.39 is 6.17 Å². The molecule has 304 valence electrons. The van der Waals surface area contributed by atoms with Gasteiger partial charge in [0.05, 0.1) is 0 Å². The van der Waals surface area contributed by atoms with Crippen LogP contribution in [0.15, 0.2) is 132 Å². The van der Waals surface area contributed by atoms with E-state index in [2.05, 4.69) is 163 Å². The third-order valence-electron chi connectivity index (χ3n) is 10.8. The number of hydrogen-bond donors (Lipinski definition) is 0. The van der Waals surface area contributed by atoms with Crippen LogP contribution in [0.3, 0.4) is 0 Å². The Kier molecular flexibility index (Phi) is 24.5. The molecule has 0 radical (unpaired) electrons. The lowest BCUT2D eigenvalue weighted by Gasteiger charge is -2.27. The van der Waals surface area contributed by atoms with E-state index in [0.29, 0.717) is 23.7 Å². The third kappa shape index (κ3) is 18.8. The fraction of sp³-hybridized carbons (Fsp3) is 0.519. The lowest BCUT2D eigenvalue weighted by atomic mass is 9.77. The SMILES string of the molecule is C=CC(=CC=CCC)C(=C)CC(C)=C(c1cc(CC(C)CC)ccc1C(C)C)C(C=C)CC(=CC(C)C)C(C)=CCCC(C)CC=CCC(=CC(C)F)CC. The quantitative estimate of drug-likeness (QED) is 0.0654. The van der Waals surface area contributed by atoms with Gasteiger partial charge in [0.15, 0.2) is 0 Å². The molecule has 4 atom stereocenters. The molecule has 0 aliphatic rings. The van der Waals surface area contributed by atoms with Crippen LogP contribution in [0.2, 0.25) is 0 Å². The number of halogens is 1. The number of alkyl halides is 1. The summed E-state index contributed by atoms with van der Waals surface area (Å²) in [6, 6.07) is 7.25. The largest absolute Gasteiger partial charge is 0.243 e. The molecule has 1 aromatic rings. The first-order valence-electron chi connectivity index (χ1n) is 21.6. The van der Waals surface area contributed by atoms with Gasteiger partial charge in [0.25, 0.3) is 0 Å². The van der Waals surface area contributed by atoms with E-state index in [9.17, 15) is 4.39 Å². The molecule has 0 saturated heterocycles. The molecule has 0 nitrogen and oxygen atoms in total. The molecule has 0 spiro atoms. The smallest absolute Gasteiger partial charge is 0.116 e. The van der Waals surface area contributed by atoms with Crippen LogP contribution in [0.4, 0.5) is 4.39 Å². The van der Waals surface area contributed by atoms with Crippen molar-refractivity contribution in [2.75, 3.05) is 0 Å². The van der Waals surface area contributed by atoms with Gasteiger partial charge in [-0.25, -0.2) is 4.39 Å². The number of benzene rings is 1. The van der Waals surface area contributed by atoms with Gasteiger partial charge in [-0.2, -0.15) is 0 Å². The summed E-state index contributed by atoms with van der Waals surface area (Å²) in [5.74, 6) is 2.18. The fourth-order valence-corrected chi connectivity index (χ4v) is 7.27. The van der Waals surface area contributed by atoms with Gasteiger partial charge in [-0.05, 0) is 141 Å². The molecule has 0 bridgehead atoms. The maximum absolute atomic E-state index is 13.5. The highest BCUT2D eigenvalue weighted by Crippen LogP contribution is 2.40. The zero-order valence-corrected chi connectivity index (χ0v) is 37.5. The summed E-state index contributed by atoms with van der Waals surface area (Å²) in [4.78, 5) is 0. The minimum atomic E-state index is -0.880. The molecule has 0 amide bonds. The Balaban J connectivity index is 3.64. The highest BCUT2D eigenvalue weighted by molar-refractivity contribution is 5.76. The van der Waals surface area contributed by atoms with Crippen LogP contribution >= 0.6 is 0 Å². The highest BCUT2D eigenvalue weighted by atomic mass is 19.1. The van der Waals surface area contributed by atoms with Gasteiger partial charge in [-0.1, -0.05) is 178 Å². The van der Waals surface area contributed by atoms with Crippen molar-refractivity contribution in [3.8, 4) is 0 Å². The zero-order chi connectivity index (χ0) is 41.5. The summed E-state index contributed by atoms with van der Waals surface area (Å²) in [7, 11) is 0. The minimum Gasteiger partial charge on any atom is -0.243 e. The first kappa shape index (κ1) is 49.6. The molecule has 0 N–H and O–H groups in total. The average Bonchev–Trinajstić information content (AvgIpc) is 3.13. The molecular formula is C54H81F. The average molecular weight is 749 g/mol. The summed E-state index contributed by atoms with van der Waals surface area (Å²) < 4.78 is 13.5. The summed E-state index contributed by atoms with van der Waals surface area (Å²) in [5.41, 5.74) is 13.1. The van der Waals surface area contributed by atoms with E-state index in [0.717, 1.165) is 68.9 Å². The molecule has 0 saturated carbocycles. The molecule has 1 heteroatoms. The number of hydrogen-bond acceptors (Lipinski definition) is 0. The topological polar surface area (TPSA) is 0 Å². The third-order valence-corrected chi connectivity index (χ3v) is 10.8. The summed E-state index contributed by atoms with van der Waals surface area (Å²) in [6.45, 7) is 39.9. The predicted octanol–water partition coefficient (Wildman–Crippen LogP) is 17.4. The van der Waals surface area contributed by atoms with Crippen molar-refractivity contribution in [3.63, 3.8) is 0 Å². The van der Waals surface area contributed by atoms with Crippen LogP contribution in [0.25, 0.3) is 5.57 Å². The first-order valence-corrected chi connectivity index (χ1v) is 21.6. The van der Waals surface area contributed by atoms with Gasteiger partial charge >= 0.3 is 0 Å². The van der Waals surface area contributed by atoms with E-state index in [1.807, 2.05) is 6.08 Å². The Morgan fingerprint density at radius 3 is 2.16 bits per heavy atom. The zero-order valence-electron chi connectivity index (χ0n) is 37.5. The second-order valence-electron chi connectivity index (χ2n) is 16.7. The summed E-state index contributed by atoms with van der Waals surface area (Å²) in [6.07, 6.45) is 30.8. The Hall–Kier alpha value is -3.45. The molecule has 0 fully saturated rings. The molecule has 0 aromatic heterocycles. The number of rotatable bonds is 26. The highest BCUT2D eigenvalue weighted by Gasteiger charge is 2.23. The summed E-state index contributed by atoms with van der Waals surface area (Å²) >= 11 is 0. The van der Waals surface area contributed by atoms with Crippen molar-refractivity contribution in [1.82, 2.24) is 0 Å². The number of allylic oxidation sites excluding steroid dienone is 17. The van der Waals surface area contributed by atoms with Crippen LogP contribution in [-0.2, 0) is 6.42 Å². The van der Waals surface area contributed by atoms with Gasteiger partial charge in [-0.3, -0.25) is 0 Å². The van der Waals surface area contributed by atoms with E-state index in [1.54, 1.807) is 13.0 Å². The van der Waals surface area contributed by atoms with Crippen LogP contribution in [0, 0.1) is 23.7 Å². The Bertz CT molecular complexity index is 1560. The van der Waals surface area contributed by atoms with Crippen LogP contribution in [-0.4, -0.2) is 6.17 Å². The predicted molar refractivity (Wildman–Crippen MR) is 248 cm³/mol. The van der Waals surface area contributed by atoms with Crippen LogP contribution in [0.1, 0.15) is 163 Å². The Morgan fingerprint density at radius 2 is 1.60 bits per heavy atom. The van der Waals surface area contributed by atoms with Gasteiger partial charge in [0.2, 0.25) is 0 Å². The molecule has 1 rings (SSSR count). The molecular weight excluding hydrogens is 668 g/mol. The van der Waals surface area contributed by atoms with Crippen LogP contribution < -0.4 is 0 Å². The van der Waals surface area contributed by atoms with Gasteiger partial charge in [0, 0.05) is 5.92 Å². The molecule has 0 aliphatic heterocycles. The molecule has 0 aliphatic carbocycles. The van der Waals surface area contributed by atoms with Crippen molar-refractivity contribution >= 4 is 5.57 Å². The van der Waals surface area contributed by atoms with Crippen molar-refractivity contribution in [2.24, 2.45) is 23.7 Å². The molecule has 0 heterocycles. The van der Waals surface area contributed by atoms with Crippen molar-refractivity contribution in [3.05, 3.63) is 149 Å². The normalized spacial score (nSPS) is 16.2. The monoisotopic (exact) mass is 749 g/mol. The molecule has 1 aromatic carbocycles. The maximum Gasteiger partial charge on any atom is 0.116 e. The minimum absolute atomic E-state index is 0.139. The van der Waals surface area contributed by atoms with Crippen molar-refractivity contribution in [1.29, 1.82) is 0 Å². The van der Waals surface area contributed by atoms with E-state index in [1.165, 1.54) is 51.0 Å². The second kappa shape index (κ2) is 27.2. The van der Waals surface area contributed by atoms with E-state index in [-0.39, 0.29) is 5.92 Å². The van der Waals surface area contributed by atoms with Gasteiger partial charge in [-0.15, -0.1) is 6.58 Å². The van der Waals surface area contributed by atoms with Gasteiger partial charge < -0.3 is 0 Å². The second-order valence-corrected chi connectivity index (χ2v) is 16.7. The van der Waals surface area contributed by atoms with Crippen molar-refractivity contribution < 1.29 is 4.39 Å². The summed E-state index contributed by atoms with van der Waals surface area (Å²) in [5, 5.41) is 0. The van der Waals surface area contributed by atoms with E-state index >= 15 is 0 Å². The lowest BCUT2D eigenvalue weighted by Crippen LogP contribution is -2.10. The Morgan fingerprint density at radius 1 is 0.891 bits per heavy atom. The van der Waals surface area contributed by atoms with E-state index in [4.69, 9.17) is 0 Å². The lowest BCUT2D eigenvalue weighted by molar-refractivity contribution is 0.428. The maximum atomic E-state index is 13.5. The van der Waals surface area contributed by atoms with Crippen LogP contribution in [0.5, 0.6) is 0 Å². The molecule has 55 heavy (non-hydrogen) atoms. The first-order chi connectivity index (χ1) is 26.1. The van der Waals surface area contributed by atoms with Crippen molar-refractivity contribution in [2.45, 2.75) is 159 Å². The Labute approximate surface area is 340 Å². The fourth-order valence-electron chi connectivity index (χ4n) is 7.27.